The van der Waals surface area contributed by atoms with Crippen molar-refractivity contribution in [3.8, 4) is 5.75 Å². The van der Waals surface area contributed by atoms with Gasteiger partial charge in [-0.1, -0.05) is 18.2 Å². The van der Waals surface area contributed by atoms with Crippen molar-refractivity contribution in [3.05, 3.63) is 29.3 Å². The van der Waals surface area contributed by atoms with Crippen molar-refractivity contribution >= 4 is 12.4 Å². The Morgan fingerprint density at radius 1 is 1.10 bits per heavy atom. The first-order valence-electron chi connectivity index (χ1n) is 8.13. The summed E-state index contributed by atoms with van der Waals surface area (Å²) in [6.45, 7) is 9.04. The minimum absolute atomic E-state index is 0. The Morgan fingerprint density at radius 3 is 2.48 bits per heavy atom. The summed E-state index contributed by atoms with van der Waals surface area (Å²) in [5, 5.41) is 0. The molecule has 3 heteroatoms. The fourth-order valence-electron chi connectivity index (χ4n) is 3.35. The predicted molar refractivity (Wildman–Crippen MR) is 90.5 cm³/mol. The standard InChI is InChI=1S/C18H27NO.ClH/c1-14-5-3-6-15(2)18(14)20-13-17-7-4-10-19(12-17)11-16-8-9-16;/h3,5-6,16-17H,4,7-13H2,1-2H3;1H/t17-;/m1./s1. The molecule has 1 saturated heterocycles. The van der Waals surface area contributed by atoms with Gasteiger partial charge in [0.2, 0.25) is 0 Å². The van der Waals surface area contributed by atoms with Crippen LogP contribution in [0.4, 0.5) is 0 Å². The monoisotopic (exact) mass is 309 g/mol. The van der Waals surface area contributed by atoms with Crippen LogP contribution < -0.4 is 4.74 Å². The van der Waals surface area contributed by atoms with Gasteiger partial charge >= 0.3 is 0 Å². The molecule has 118 valence electrons. The molecule has 2 nitrogen and oxygen atoms in total. The maximum Gasteiger partial charge on any atom is 0.125 e. The third-order valence-corrected chi connectivity index (χ3v) is 4.69. The van der Waals surface area contributed by atoms with Gasteiger partial charge in [-0.25, -0.2) is 0 Å². The molecule has 2 fully saturated rings. The average molecular weight is 310 g/mol. The fourth-order valence-corrected chi connectivity index (χ4v) is 3.35. The van der Waals surface area contributed by atoms with E-state index in [0.717, 1.165) is 18.3 Å². The van der Waals surface area contributed by atoms with Gasteiger partial charge in [0.05, 0.1) is 6.61 Å². The highest BCUT2D eigenvalue weighted by Gasteiger charge is 2.27. The molecule has 1 aromatic rings. The topological polar surface area (TPSA) is 12.5 Å². The molecule has 21 heavy (non-hydrogen) atoms. The van der Waals surface area contributed by atoms with E-state index < -0.39 is 0 Å². The second-order valence-corrected chi connectivity index (χ2v) is 6.74. The lowest BCUT2D eigenvalue weighted by atomic mass is 9.98. The molecule has 3 rings (SSSR count). The highest BCUT2D eigenvalue weighted by atomic mass is 35.5. The summed E-state index contributed by atoms with van der Waals surface area (Å²) < 4.78 is 6.15. The number of hydrogen-bond donors (Lipinski definition) is 0. The Labute approximate surface area is 135 Å². The first-order chi connectivity index (χ1) is 9.72. The highest BCUT2D eigenvalue weighted by molar-refractivity contribution is 5.85. The molecular weight excluding hydrogens is 282 g/mol. The number of ether oxygens (including phenoxy) is 1. The Morgan fingerprint density at radius 2 is 1.81 bits per heavy atom. The summed E-state index contributed by atoms with van der Waals surface area (Å²) in [6.07, 6.45) is 5.58. The lowest BCUT2D eigenvalue weighted by Crippen LogP contribution is -2.38. The Balaban J connectivity index is 0.00000161. The van der Waals surface area contributed by atoms with Crippen molar-refractivity contribution in [2.75, 3.05) is 26.2 Å². The van der Waals surface area contributed by atoms with E-state index in [2.05, 4.69) is 36.9 Å². The number of para-hydroxylation sites is 1. The van der Waals surface area contributed by atoms with E-state index in [9.17, 15) is 0 Å². The van der Waals surface area contributed by atoms with Gasteiger partial charge in [0.1, 0.15) is 5.75 Å². The summed E-state index contributed by atoms with van der Waals surface area (Å²) >= 11 is 0. The fraction of sp³-hybridized carbons (Fsp3) is 0.667. The second-order valence-electron chi connectivity index (χ2n) is 6.74. The van der Waals surface area contributed by atoms with Crippen LogP contribution in [0.1, 0.15) is 36.8 Å². The van der Waals surface area contributed by atoms with Crippen molar-refractivity contribution in [3.63, 3.8) is 0 Å². The third-order valence-electron chi connectivity index (χ3n) is 4.69. The molecule has 1 aromatic carbocycles. The minimum Gasteiger partial charge on any atom is -0.493 e. The SMILES string of the molecule is Cc1cccc(C)c1OC[C@@H]1CCCN(CC2CC2)C1.Cl. The maximum atomic E-state index is 6.15. The summed E-state index contributed by atoms with van der Waals surface area (Å²) in [5.74, 6) is 2.82. The zero-order valence-corrected chi connectivity index (χ0v) is 14.1. The number of hydrogen-bond acceptors (Lipinski definition) is 2. The molecule has 1 aliphatic heterocycles. The molecule has 0 bridgehead atoms. The van der Waals surface area contributed by atoms with E-state index in [0.29, 0.717) is 5.92 Å². The smallest absolute Gasteiger partial charge is 0.125 e. The first kappa shape index (κ1) is 16.6. The van der Waals surface area contributed by atoms with Crippen LogP contribution >= 0.6 is 12.4 Å². The van der Waals surface area contributed by atoms with Crippen molar-refractivity contribution in [1.29, 1.82) is 0 Å². The van der Waals surface area contributed by atoms with Crippen LogP contribution in [-0.4, -0.2) is 31.1 Å². The first-order valence-corrected chi connectivity index (χ1v) is 8.13. The van der Waals surface area contributed by atoms with Crippen molar-refractivity contribution in [2.24, 2.45) is 11.8 Å². The molecule has 1 heterocycles. The van der Waals surface area contributed by atoms with Crippen molar-refractivity contribution < 1.29 is 4.74 Å². The van der Waals surface area contributed by atoms with Crippen LogP contribution in [0, 0.1) is 25.7 Å². The molecule has 1 saturated carbocycles. The lowest BCUT2D eigenvalue weighted by Gasteiger charge is -2.32. The zero-order valence-electron chi connectivity index (χ0n) is 13.3. The van der Waals surface area contributed by atoms with E-state index in [1.165, 1.54) is 56.4 Å². The van der Waals surface area contributed by atoms with Gasteiger partial charge in [0.15, 0.2) is 0 Å². The van der Waals surface area contributed by atoms with Crippen LogP contribution in [-0.2, 0) is 0 Å². The van der Waals surface area contributed by atoms with Gasteiger partial charge in [-0.05, 0) is 63.1 Å². The molecule has 0 aromatic heterocycles. The molecule has 0 amide bonds. The van der Waals surface area contributed by atoms with Crippen LogP contribution in [0.3, 0.4) is 0 Å². The lowest BCUT2D eigenvalue weighted by molar-refractivity contribution is 0.126. The summed E-state index contributed by atoms with van der Waals surface area (Å²) in [6, 6.07) is 6.39. The van der Waals surface area contributed by atoms with Gasteiger partial charge in [-0.3, -0.25) is 0 Å². The predicted octanol–water partition coefficient (Wildman–Crippen LogP) is 4.23. The van der Waals surface area contributed by atoms with Crippen LogP contribution in [0.15, 0.2) is 18.2 Å². The van der Waals surface area contributed by atoms with Gasteiger partial charge in [-0.2, -0.15) is 0 Å². The van der Waals surface area contributed by atoms with Crippen molar-refractivity contribution in [2.45, 2.75) is 39.5 Å². The second kappa shape index (κ2) is 7.51. The molecule has 0 radical (unpaired) electrons. The molecule has 1 atom stereocenters. The molecule has 2 aliphatic rings. The van der Waals surface area contributed by atoms with Crippen LogP contribution in [0.5, 0.6) is 5.75 Å². The van der Waals surface area contributed by atoms with E-state index in [1.807, 2.05) is 0 Å². The number of likely N-dealkylation sites (tertiary alicyclic amines) is 1. The minimum atomic E-state index is 0. The number of halogens is 1. The quantitative estimate of drug-likeness (QED) is 0.807. The molecule has 0 spiro atoms. The van der Waals surface area contributed by atoms with Gasteiger partial charge in [0.25, 0.3) is 0 Å². The number of piperidine rings is 1. The van der Waals surface area contributed by atoms with Crippen LogP contribution in [0.2, 0.25) is 0 Å². The molecular formula is C18H28ClNO. The van der Waals surface area contributed by atoms with Gasteiger partial charge in [0, 0.05) is 19.0 Å². The summed E-state index contributed by atoms with van der Waals surface area (Å²) in [7, 11) is 0. The number of nitrogens with zero attached hydrogens (tertiary/aromatic N) is 1. The molecule has 1 aliphatic carbocycles. The summed E-state index contributed by atoms with van der Waals surface area (Å²) in [4.78, 5) is 2.67. The highest BCUT2D eigenvalue weighted by Crippen LogP contribution is 2.31. The van der Waals surface area contributed by atoms with Gasteiger partial charge < -0.3 is 9.64 Å². The largest absolute Gasteiger partial charge is 0.493 e. The number of rotatable bonds is 5. The van der Waals surface area contributed by atoms with E-state index in [1.54, 1.807) is 0 Å². The maximum absolute atomic E-state index is 6.15. The van der Waals surface area contributed by atoms with E-state index in [-0.39, 0.29) is 12.4 Å². The Kier molecular flexibility index (Phi) is 5.95. The van der Waals surface area contributed by atoms with E-state index >= 15 is 0 Å². The van der Waals surface area contributed by atoms with E-state index in [4.69, 9.17) is 4.74 Å². The zero-order chi connectivity index (χ0) is 13.9. The van der Waals surface area contributed by atoms with Gasteiger partial charge in [-0.15, -0.1) is 12.4 Å². The Bertz CT molecular complexity index is 438. The van der Waals surface area contributed by atoms with Crippen molar-refractivity contribution in [1.82, 2.24) is 4.90 Å². The molecule has 0 N–H and O–H groups in total. The molecule has 0 unspecified atom stereocenters. The normalized spacial score (nSPS) is 22.7. The third kappa shape index (κ3) is 4.62. The summed E-state index contributed by atoms with van der Waals surface area (Å²) in [5.41, 5.74) is 2.52. The number of benzene rings is 1. The van der Waals surface area contributed by atoms with Crippen LogP contribution in [0.25, 0.3) is 0 Å². The Hall–Kier alpha value is -0.730. The average Bonchev–Trinajstić information content (AvgIpc) is 3.23. The number of aryl methyl sites for hydroxylation is 2.